The maximum atomic E-state index is 5.80. The average molecular weight is 251 g/mol. The number of para-hydroxylation sites is 1. The van der Waals surface area contributed by atoms with Crippen molar-refractivity contribution < 1.29 is 4.74 Å². The first-order valence-corrected chi connectivity index (χ1v) is 7.62. The quantitative estimate of drug-likeness (QED) is 0.619. The Labute approximate surface area is 108 Å². The SMILES string of the molecule is CSc1ccccc1OCCNC1CCCC1. The van der Waals surface area contributed by atoms with E-state index in [2.05, 4.69) is 23.7 Å². The molecule has 1 aromatic carbocycles. The van der Waals surface area contributed by atoms with Gasteiger partial charge in [-0.1, -0.05) is 25.0 Å². The van der Waals surface area contributed by atoms with Crippen LogP contribution in [-0.2, 0) is 0 Å². The summed E-state index contributed by atoms with van der Waals surface area (Å²) in [5.74, 6) is 1.01. The summed E-state index contributed by atoms with van der Waals surface area (Å²) in [6.45, 7) is 1.71. The second-order valence-corrected chi connectivity index (χ2v) is 5.28. The Morgan fingerprint density at radius 2 is 2.06 bits per heavy atom. The molecule has 0 amide bonds. The van der Waals surface area contributed by atoms with E-state index in [9.17, 15) is 0 Å². The molecule has 1 N–H and O–H groups in total. The van der Waals surface area contributed by atoms with Crippen LogP contribution in [0.3, 0.4) is 0 Å². The van der Waals surface area contributed by atoms with Crippen LogP contribution >= 0.6 is 11.8 Å². The Bertz CT molecular complexity index is 337. The van der Waals surface area contributed by atoms with Crippen LogP contribution in [0.2, 0.25) is 0 Å². The van der Waals surface area contributed by atoms with Gasteiger partial charge in [0.1, 0.15) is 12.4 Å². The first kappa shape index (κ1) is 12.8. The van der Waals surface area contributed by atoms with Crippen LogP contribution in [0.15, 0.2) is 29.2 Å². The zero-order valence-electron chi connectivity index (χ0n) is 10.4. The Morgan fingerprint density at radius 3 is 2.82 bits per heavy atom. The number of hydrogen-bond acceptors (Lipinski definition) is 3. The molecule has 0 heterocycles. The largest absolute Gasteiger partial charge is 0.491 e. The van der Waals surface area contributed by atoms with Gasteiger partial charge in [0.2, 0.25) is 0 Å². The van der Waals surface area contributed by atoms with E-state index >= 15 is 0 Å². The Hall–Kier alpha value is -0.670. The summed E-state index contributed by atoms with van der Waals surface area (Å²) in [6.07, 6.45) is 7.52. The minimum Gasteiger partial charge on any atom is -0.491 e. The third kappa shape index (κ3) is 3.93. The standard InChI is InChI=1S/C14H21NOS/c1-17-14-9-5-4-8-13(14)16-11-10-15-12-6-2-3-7-12/h4-5,8-9,12,15H,2-3,6-7,10-11H2,1H3. The average Bonchev–Trinajstić information content (AvgIpc) is 2.88. The minimum absolute atomic E-state index is 0.731. The first-order valence-electron chi connectivity index (χ1n) is 6.39. The van der Waals surface area contributed by atoms with Crippen LogP contribution in [0.1, 0.15) is 25.7 Å². The molecule has 0 aromatic heterocycles. The van der Waals surface area contributed by atoms with Crippen LogP contribution in [0.25, 0.3) is 0 Å². The van der Waals surface area contributed by atoms with Gasteiger partial charge in [-0.25, -0.2) is 0 Å². The molecular formula is C14H21NOS. The monoisotopic (exact) mass is 251 g/mol. The summed E-state index contributed by atoms with van der Waals surface area (Å²) in [7, 11) is 0. The van der Waals surface area contributed by atoms with Gasteiger partial charge in [-0.3, -0.25) is 0 Å². The van der Waals surface area contributed by atoms with Crippen molar-refractivity contribution in [2.24, 2.45) is 0 Å². The minimum atomic E-state index is 0.731. The number of benzene rings is 1. The number of hydrogen-bond donors (Lipinski definition) is 1. The molecule has 1 aliphatic carbocycles. The highest BCUT2D eigenvalue weighted by Gasteiger charge is 2.13. The van der Waals surface area contributed by atoms with E-state index in [4.69, 9.17) is 4.74 Å². The third-order valence-corrected chi connectivity index (χ3v) is 3.99. The highest BCUT2D eigenvalue weighted by Crippen LogP contribution is 2.26. The van der Waals surface area contributed by atoms with Crippen molar-refractivity contribution in [1.82, 2.24) is 5.32 Å². The first-order chi connectivity index (χ1) is 8.40. The maximum Gasteiger partial charge on any atom is 0.132 e. The lowest BCUT2D eigenvalue weighted by molar-refractivity contribution is 0.299. The smallest absolute Gasteiger partial charge is 0.132 e. The molecule has 94 valence electrons. The molecule has 0 radical (unpaired) electrons. The van der Waals surface area contributed by atoms with Gasteiger partial charge in [0, 0.05) is 17.5 Å². The fourth-order valence-corrected chi connectivity index (χ4v) is 2.83. The molecule has 0 spiro atoms. The van der Waals surface area contributed by atoms with Gasteiger partial charge in [0.25, 0.3) is 0 Å². The van der Waals surface area contributed by atoms with Gasteiger partial charge >= 0.3 is 0 Å². The molecule has 2 nitrogen and oxygen atoms in total. The van der Waals surface area contributed by atoms with E-state index in [1.165, 1.54) is 30.6 Å². The fraction of sp³-hybridized carbons (Fsp3) is 0.571. The predicted octanol–water partition coefficient (Wildman–Crippen LogP) is 3.32. The molecule has 1 saturated carbocycles. The van der Waals surface area contributed by atoms with Crippen molar-refractivity contribution in [2.45, 2.75) is 36.6 Å². The van der Waals surface area contributed by atoms with E-state index in [-0.39, 0.29) is 0 Å². The van der Waals surface area contributed by atoms with Crippen LogP contribution < -0.4 is 10.1 Å². The van der Waals surface area contributed by atoms with Gasteiger partial charge in [0.15, 0.2) is 0 Å². The van der Waals surface area contributed by atoms with E-state index in [0.717, 1.165) is 24.9 Å². The van der Waals surface area contributed by atoms with E-state index in [1.807, 2.05) is 12.1 Å². The predicted molar refractivity (Wildman–Crippen MR) is 74.0 cm³/mol. The maximum absolute atomic E-state index is 5.80. The lowest BCUT2D eigenvalue weighted by atomic mass is 10.2. The summed E-state index contributed by atoms with van der Waals surface area (Å²) in [5.41, 5.74) is 0. The van der Waals surface area contributed by atoms with Crippen LogP contribution in [0.5, 0.6) is 5.75 Å². The second kappa shape index (κ2) is 6.92. The van der Waals surface area contributed by atoms with E-state index < -0.39 is 0 Å². The number of rotatable bonds is 6. The van der Waals surface area contributed by atoms with Crippen molar-refractivity contribution in [3.63, 3.8) is 0 Å². The van der Waals surface area contributed by atoms with Gasteiger partial charge in [-0.15, -0.1) is 11.8 Å². The molecule has 0 aliphatic heterocycles. The molecule has 1 aromatic rings. The summed E-state index contributed by atoms with van der Waals surface area (Å²) >= 11 is 1.73. The zero-order valence-corrected chi connectivity index (χ0v) is 11.3. The molecule has 1 aliphatic rings. The summed E-state index contributed by atoms with van der Waals surface area (Å²) < 4.78 is 5.80. The van der Waals surface area contributed by atoms with Crippen LogP contribution in [0, 0.1) is 0 Å². The van der Waals surface area contributed by atoms with Crippen LogP contribution in [-0.4, -0.2) is 25.4 Å². The third-order valence-electron chi connectivity index (χ3n) is 3.22. The molecular weight excluding hydrogens is 230 g/mol. The summed E-state index contributed by atoms with van der Waals surface area (Å²) in [4.78, 5) is 1.22. The molecule has 0 bridgehead atoms. The fourth-order valence-electron chi connectivity index (χ4n) is 2.29. The molecule has 0 unspecified atom stereocenters. The topological polar surface area (TPSA) is 21.3 Å². The molecule has 0 saturated heterocycles. The van der Waals surface area contributed by atoms with Gasteiger partial charge in [-0.2, -0.15) is 0 Å². The van der Waals surface area contributed by atoms with E-state index in [1.54, 1.807) is 11.8 Å². The number of ether oxygens (including phenoxy) is 1. The van der Waals surface area contributed by atoms with Crippen LogP contribution in [0.4, 0.5) is 0 Å². The second-order valence-electron chi connectivity index (χ2n) is 4.43. The molecule has 1 fully saturated rings. The lowest BCUT2D eigenvalue weighted by Gasteiger charge is -2.13. The highest BCUT2D eigenvalue weighted by atomic mass is 32.2. The molecule has 2 rings (SSSR count). The molecule has 17 heavy (non-hydrogen) atoms. The van der Waals surface area contributed by atoms with Gasteiger partial charge in [-0.05, 0) is 31.2 Å². The summed E-state index contributed by atoms with van der Waals surface area (Å²) in [5, 5.41) is 3.56. The van der Waals surface area contributed by atoms with Crippen molar-refractivity contribution in [3.8, 4) is 5.75 Å². The van der Waals surface area contributed by atoms with Crippen molar-refractivity contribution >= 4 is 11.8 Å². The van der Waals surface area contributed by atoms with Gasteiger partial charge in [0.05, 0.1) is 0 Å². The van der Waals surface area contributed by atoms with Crippen molar-refractivity contribution in [3.05, 3.63) is 24.3 Å². The van der Waals surface area contributed by atoms with E-state index in [0.29, 0.717) is 0 Å². The Morgan fingerprint density at radius 1 is 1.29 bits per heavy atom. The van der Waals surface area contributed by atoms with Crippen molar-refractivity contribution in [1.29, 1.82) is 0 Å². The number of nitrogens with one attached hydrogen (secondary N) is 1. The zero-order chi connectivity index (χ0) is 11.9. The number of thioether (sulfide) groups is 1. The molecule has 3 heteroatoms. The Balaban J connectivity index is 1.70. The van der Waals surface area contributed by atoms with Crippen molar-refractivity contribution in [2.75, 3.05) is 19.4 Å². The Kier molecular flexibility index (Phi) is 5.20. The van der Waals surface area contributed by atoms with Gasteiger partial charge < -0.3 is 10.1 Å². The highest BCUT2D eigenvalue weighted by molar-refractivity contribution is 7.98. The lowest BCUT2D eigenvalue weighted by Crippen LogP contribution is -2.30. The normalized spacial score (nSPS) is 16.3. The summed E-state index contributed by atoms with van der Waals surface area (Å²) in [6, 6.07) is 8.95. The molecule has 0 atom stereocenters.